The molecule has 0 amide bonds. The van der Waals surface area contributed by atoms with Crippen molar-refractivity contribution in [2.75, 3.05) is 0 Å². The minimum absolute atomic E-state index is 0.436. The van der Waals surface area contributed by atoms with Crippen LogP contribution in [0.25, 0.3) is 0 Å². The molecule has 0 atom stereocenters. The summed E-state index contributed by atoms with van der Waals surface area (Å²) >= 11 is 0. The predicted molar refractivity (Wildman–Crippen MR) is 124 cm³/mol. The minimum Gasteiger partial charge on any atom is -0.0683 e. The number of hydrogen-bond donors (Lipinski definition) is 0. The van der Waals surface area contributed by atoms with E-state index < -0.39 is 0 Å². The maximum Gasteiger partial charge on any atom is 0.242 e. The molecule has 0 unspecified atom stereocenters. The summed E-state index contributed by atoms with van der Waals surface area (Å²) in [5.41, 5.74) is 10.6. The van der Waals surface area contributed by atoms with Crippen molar-refractivity contribution >= 4 is 23.1 Å². The Bertz CT molecular complexity index is 796. The lowest BCUT2D eigenvalue weighted by Crippen LogP contribution is -2.61. The van der Waals surface area contributed by atoms with Crippen molar-refractivity contribution in [2.24, 2.45) is 0 Å². The molecule has 140 valence electrons. The van der Waals surface area contributed by atoms with Crippen molar-refractivity contribution in [3.63, 3.8) is 0 Å². The van der Waals surface area contributed by atoms with E-state index in [1.807, 2.05) is 41.5 Å². The van der Waals surface area contributed by atoms with E-state index >= 15 is 0 Å². The average Bonchev–Trinajstić information content (AvgIpc) is 2.78. The van der Waals surface area contributed by atoms with Crippen LogP contribution in [-0.4, -0.2) is 6.71 Å². The Hall–Kier alpha value is -2.28. The van der Waals surface area contributed by atoms with E-state index in [4.69, 9.17) is 0 Å². The first-order chi connectivity index (χ1) is 13.4. The second kappa shape index (κ2) is 10.2. The third-order valence-corrected chi connectivity index (χ3v) is 5.07. The van der Waals surface area contributed by atoms with Crippen LogP contribution in [0.3, 0.4) is 0 Å². The molecule has 0 fully saturated rings. The summed E-state index contributed by atoms with van der Waals surface area (Å²) in [6.45, 7) is 12.4. The highest BCUT2D eigenvalue weighted by molar-refractivity contribution is 6.97. The molecule has 1 heteroatoms. The first-order valence-electron chi connectivity index (χ1n) is 10.7. The van der Waals surface area contributed by atoms with Gasteiger partial charge >= 0.3 is 0 Å². The largest absolute Gasteiger partial charge is 0.242 e. The minimum atomic E-state index is 0.436. The predicted octanol–water partition coefficient (Wildman–Crippen LogP) is 5.09. The maximum atomic E-state index is 2.32. The van der Waals surface area contributed by atoms with Gasteiger partial charge in [-0.15, -0.1) is 0 Å². The second-order valence-electron chi connectivity index (χ2n) is 6.17. The molecule has 0 aromatic heterocycles. The summed E-state index contributed by atoms with van der Waals surface area (Å²) in [5.74, 6) is 0. The molecule has 2 aliphatic rings. The normalized spacial score (nSPS) is 11.7. The topological polar surface area (TPSA) is 0 Å². The van der Waals surface area contributed by atoms with Crippen LogP contribution in [0.15, 0.2) is 66.7 Å². The van der Waals surface area contributed by atoms with Crippen molar-refractivity contribution in [1.29, 1.82) is 0 Å². The molecule has 0 bridgehead atoms. The van der Waals surface area contributed by atoms with E-state index in [0.717, 1.165) is 12.8 Å². The standard InChI is InChI=1S/C20H15B.3C2H6/c1-3-10-18-14(6-1)12-16-8-5-9-17-13-15-7-2-4-11-19(15)21(18)20(16)17;3*1-2/h1-11H,12-13H2;3*1-2H3. The number of fused-ring (bicyclic) bond motifs is 4. The van der Waals surface area contributed by atoms with Gasteiger partial charge in [-0.25, -0.2) is 0 Å². The Balaban J connectivity index is 0.000000400. The molecule has 3 aromatic rings. The van der Waals surface area contributed by atoms with Crippen LogP contribution in [-0.2, 0) is 12.8 Å². The Morgan fingerprint density at radius 2 is 0.852 bits per heavy atom. The van der Waals surface area contributed by atoms with Crippen LogP contribution < -0.4 is 16.4 Å². The summed E-state index contributed by atoms with van der Waals surface area (Å²) in [4.78, 5) is 0. The van der Waals surface area contributed by atoms with Crippen LogP contribution in [0.4, 0.5) is 0 Å². The molecule has 0 saturated carbocycles. The number of hydrogen-bond acceptors (Lipinski definition) is 0. The first kappa shape index (κ1) is 21.0. The first-order valence-corrected chi connectivity index (χ1v) is 10.7. The summed E-state index contributed by atoms with van der Waals surface area (Å²) < 4.78 is 0. The molecule has 3 aromatic carbocycles. The Kier molecular flexibility index (Phi) is 7.91. The molecule has 2 aliphatic heterocycles. The third kappa shape index (κ3) is 3.88. The molecule has 0 saturated heterocycles. The maximum absolute atomic E-state index is 2.32. The van der Waals surface area contributed by atoms with E-state index in [-0.39, 0.29) is 0 Å². The highest BCUT2D eigenvalue weighted by Gasteiger charge is 2.35. The zero-order valence-corrected chi connectivity index (χ0v) is 17.8. The highest BCUT2D eigenvalue weighted by atomic mass is 14.2. The second-order valence-corrected chi connectivity index (χ2v) is 6.17. The molecule has 0 nitrogen and oxygen atoms in total. The molecular weight excluding hydrogens is 323 g/mol. The number of benzene rings is 3. The van der Waals surface area contributed by atoms with Crippen LogP contribution in [0.2, 0.25) is 0 Å². The van der Waals surface area contributed by atoms with Crippen molar-refractivity contribution in [1.82, 2.24) is 0 Å². The SMILES string of the molecule is CC.CC.CC.c1ccc2c(c1)Cc1cccc3c1B2c1ccccc1C3. The fraction of sp³-hybridized carbons (Fsp3) is 0.308. The van der Waals surface area contributed by atoms with E-state index in [1.54, 1.807) is 5.46 Å². The van der Waals surface area contributed by atoms with Gasteiger partial charge in [0.2, 0.25) is 6.71 Å². The lowest BCUT2D eigenvalue weighted by Gasteiger charge is -2.33. The molecular formula is C26H33B. The van der Waals surface area contributed by atoms with E-state index in [0.29, 0.717) is 6.71 Å². The zero-order chi connectivity index (χ0) is 19.8. The molecule has 27 heavy (non-hydrogen) atoms. The Labute approximate surface area is 166 Å². The lowest BCUT2D eigenvalue weighted by molar-refractivity contribution is 1.15. The van der Waals surface area contributed by atoms with Crippen molar-refractivity contribution in [2.45, 2.75) is 54.4 Å². The van der Waals surface area contributed by atoms with Crippen LogP contribution in [0.5, 0.6) is 0 Å². The van der Waals surface area contributed by atoms with Crippen molar-refractivity contribution in [3.05, 3.63) is 89.0 Å². The van der Waals surface area contributed by atoms with Gasteiger partial charge in [0.05, 0.1) is 0 Å². The van der Waals surface area contributed by atoms with Crippen LogP contribution >= 0.6 is 0 Å². The summed E-state index contributed by atoms with van der Waals surface area (Å²) in [6, 6.07) is 24.8. The molecule has 2 heterocycles. The summed E-state index contributed by atoms with van der Waals surface area (Å²) in [5, 5.41) is 0. The van der Waals surface area contributed by atoms with Gasteiger partial charge in [0.25, 0.3) is 0 Å². The van der Waals surface area contributed by atoms with Crippen molar-refractivity contribution < 1.29 is 0 Å². The average molecular weight is 356 g/mol. The summed E-state index contributed by atoms with van der Waals surface area (Å²) in [6.07, 6.45) is 2.16. The summed E-state index contributed by atoms with van der Waals surface area (Å²) in [7, 11) is 0. The molecule has 0 N–H and O–H groups in total. The third-order valence-electron chi connectivity index (χ3n) is 5.07. The van der Waals surface area contributed by atoms with E-state index in [9.17, 15) is 0 Å². The van der Waals surface area contributed by atoms with Gasteiger partial charge in [-0.05, 0) is 35.1 Å². The Morgan fingerprint density at radius 3 is 1.30 bits per heavy atom. The number of rotatable bonds is 0. The smallest absolute Gasteiger partial charge is 0.0683 e. The fourth-order valence-corrected chi connectivity index (χ4v) is 4.19. The highest BCUT2D eigenvalue weighted by Crippen LogP contribution is 2.21. The molecule has 0 spiro atoms. The van der Waals surface area contributed by atoms with Gasteiger partial charge in [-0.3, -0.25) is 0 Å². The fourth-order valence-electron chi connectivity index (χ4n) is 4.19. The zero-order valence-electron chi connectivity index (χ0n) is 17.8. The van der Waals surface area contributed by atoms with Gasteiger partial charge in [0.15, 0.2) is 0 Å². The van der Waals surface area contributed by atoms with Gasteiger partial charge in [-0.1, -0.05) is 125 Å². The molecule has 0 aliphatic carbocycles. The quantitative estimate of drug-likeness (QED) is 0.339. The molecule has 0 radical (unpaired) electrons. The van der Waals surface area contributed by atoms with Gasteiger partial charge in [0.1, 0.15) is 0 Å². The van der Waals surface area contributed by atoms with Gasteiger partial charge in [0, 0.05) is 0 Å². The van der Waals surface area contributed by atoms with Gasteiger partial charge in [-0.2, -0.15) is 0 Å². The molecule has 5 rings (SSSR count). The van der Waals surface area contributed by atoms with Crippen LogP contribution in [0.1, 0.15) is 63.8 Å². The van der Waals surface area contributed by atoms with Gasteiger partial charge < -0.3 is 0 Å². The monoisotopic (exact) mass is 356 g/mol. The van der Waals surface area contributed by atoms with E-state index in [2.05, 4.69) is 66.7 Å². The van der Waals surface area contributed by atoms with Crippen LogP contribution in [0, 0.1) is 0 Å². The van der Waals surface area contributed by atoms with E-state index in [1.165, 1.54) is 33.2 Å². The lowest BCUT2D eigenvalue weighted by atomic mass is 9.30. The Morgan fingerprint density at radius 1 is 0.481 bits per heavy atom. The van der Waals surface area contributed by atoms with Crippen molar-refractivity contribution in [3.8, 4) is 0 Å².